The van der Waals surface area contributed by atoms with Crippen LogP contribution in [0.4, 0.5) is 0 Å². The van der Waals surface area contributed by atoms with Crippen LogP contribution in [0.5, 0.6) is 0 Å². The van der Waals surface area contributed by atoms with Crippen LogP contribution >= 0.6 is 0 Å². The van der Waals surface area contributed by atoms with Crippen LogP contribution in [0.15, 0.2) is 53.3 Å². The molecule has 3 heterocycles. The SMILES string of the molecule is CC(C)C(C)N1C(=O)c2ccc3c(=O)n4c5ccccc5nc4c4ccc(c2c34)C1=O. The van der Waals surface area contributed by atoms with Crippen LogP contribution in [0.2, 0.25) is 0 Å². The van der Waals surface area contributed by atoms with Gasteiger partial charge in [0.2, 0.25) is 0 Å². The van der Waals surface area contributed by atoms with Crippen LogP contribution in [-0.4, -0.2) is 32.1 Å². The number of para-hydroxylation sites is 2. The average molecular weight is 409 g/mol. The molecule has 0 aliphatic carbocycles. The zero-order valence-electron chi connectivity index (χ0n) is 17.3. The van der Waals surface area contributed by atoms with E-state index in [1.807, 2.05) is 51.1 Å². The van der Waals surface area contributed by atoms with E-state index in [1.54, 1.807) is 22.6 Å². The van der Waals surface area contributed by atoms with E-state index in [0.717, 1.165) is 16.4 Å². The number of benzene rings is 3. The van der Waals surface area contributed by atoms with E-state index in [0.29, 0.717) is 32.9 Å². The molecule has 1 atom stereocenters. The number of imidazole rings is 1. The van der Waals surface area contributed by atoms with Gasteiger partial charge < -0.3 is 0 Å². The first kappa shape index (κ1) is 18.0. The normalized spacial score (nSPS) is 15.3. The minimum absolute atomic E-state index is 0.129. The topological polar surface area (TPSA) is 71.8 Å². The van der Waals surface area contributed by atoms with Crippen molar-refractivity contribution in [1.29, 1.82) is 0 Å². The molecule has 1 aliphatic heterocycles. The third kappa shape index (κ3) is 2.11. The van der Waals surface area contributed by atoms with E-state index in [4.69, 9.17) is 4.98 Å². The Labute approximate surface area is 177 Å². The number of fused-ring (bicyclic) bond motifs is 4. The van der Waals surface area contributed by atoms with Crippen LogP contribution in [-0.2, 0) is 0 Å². The molecule has 0 saturated carbocycles. The number of carbonyl (C=O) groups excluding carboxylic acids is 2. The Balaban J connectivity index is 1.79. The molecule has 0 spiro atoms. The van der Waals surface area contributed by atoms with Gasteiger partial charge in [-0.25, -0.2) is 4.98 Å². The largest absolute Gasteiger partial charge is 0.271 e. The lowest BCUT2D eigenvalue weighted by Crippen LogP contribution is -2.47. The molecule has 1 unspecified atom stereocenters. The third-order valence-corrected chi connectivity index (χ3v) is 6.67. The predicted octanol–water partition coefficient (Wildman–Crippen LogP) is 4.23. The lowest BCUT2D eigenvalue weighted by Gasteiger charge is -2.34. The number of carbonyl (C=O) groups is 2. The van der Waals surface area contributed by atoms with Crippen molar-refractivity contribution in [2.24, 2.45) is 5.92 Å². The fraction of sp³-hybridized carbons (Fsp3) is 0.200. The summed E-state index contributed by atoms with van der Waals surface area (Å²) in [5.41, 5.74) is 2.73. The third-order valence-electron chi connectivity index (χ3n) is 6.67. The molecular weight excluding hydrogens is 390 g/mol. The molecule has 6 nitrogen and oxygen atoms in total. The van der Waals surface area contributed by atoms with Gasteiger partial charge in [0.05, 0.1) is 11.0 Å². The molecule has 0 bridgehead atoms. The Bertz CT molecular complexity index is 1630. The number of amides is 2. The Morgan fingerprint density at radius 2 is 1.42 bits per heavy atom. The Hall–Kier alpha value is -3.80. The highest BCUT2D eigenvalue weighted by atomic mass is 16.2. The fourth-order valence-electron chi connectivity index (χ4n) is 4.77. The van der Waals surface area contributed by atoms with Crippen LogP contribution < -0.4 is 5.56 Å². The summed E-state index contributed by atoms with van der Waals surface area (Å²) in [5.74, 6) is -0.494. The van der Waals surface area contributed by atoms with E-state index >= 15 is 0 Å². The fourth-order valence-corrected chi connectivity index (χ4v) is 4.77. The molecule has 1 aliphatic rings. The molecule has 2 aromatic heterocycles. The molecule has 31 heavy (non-hydrogen) atoms. The van der Waals surface area contributed by atoms with Crippen LogP contribution in [0.1, 0.15) is 41.5 Å². The second kappa shape index (κ2) is 5.88. The molecule has 0 N–H and O–H groups in total. The molecule has 5 aromatic rings. The molecular formula is C25H19N3O3. The molecule has 152 valence electrons. The number of nitrogens with zero attached hydrogens (tertiary/aromatic N) is 3. The highest BCUT2D eigenvalue weighted by Crippen LogP contribution is 2.38. The second-order valence-electron chi connectivity index (χ2n) is 8.60. The molecule has 0 radical (unpaired) electrons. The van der Waals surface area contributed by atoms with Crippen molar-refractivity contribution in [2.45, 2.75) is 26.8 Å². The highest BCUT2D eigenvalue weighted by Gasteiger charge is 2.37. The highest BCUT2D eigenvalue weighted by molar-refractivity contribution is 6.31. The van der Waals surface area contributed by atoms with Gasteiger partial charge in [-0.1, -0.05) is 26.0 Å². The Morgan fingerprint density at radius 1 is 0.774 bits per heavy atom. The van der Waals surface area contributed by atoms with Gasteiger partial charge in [-0.05, 0) is 49.2 Å². The number of aromatic nitrogens is 2. The summed E-state index contributed by atoms with van der Waals surface area (Å²) < 4.78 is 1.62. The molecule has 2 amide bonds. The maximum atomic E-state index is 13.5. The van der Waals surface area contributed by atoms with Gasteiger partial charge in [0.25, 0.3) is 17.4 Å². The van der Waals surface area contributed by atoms with Gasteiger partial charge in [0.1, 0.15) is 5.65 Å². The maximum absolute atomic E-state index is 13.5. The summed E-state index contributed by atoms with van der Waals surface area (Å²) in [6.07, 6.45) is 0. The minimum atomic E-state index is -0.311. The van der Waals surface area contributed by atoms with Crippen molar-refractivity contribution in [3.63, 3.8) is 0 Å². The quantitative estimate of drug-likeness (QED) is 0.409. The van der Waals surface area contributed by atoms with E-state index in [-0.39, 0.29) is 29.3 Å². The summed E-state index contributed by atoms with van der Waals surface area (Å²) >= 11 is 0. The average Bonchev–Trinajstić information content (AvgIpc) is 3.15. The van der Waals surface area contributed by atoms with Crippen molar-refractivity contribution < 1.29 is 9.59 Å². The molecule has 6 rings (SSSR count). The van der Waals surface area contributed by atoms with Crippen LogP contribution in [0.3, 0.4) is 0 Å². The zero-order chi connectivity index (χ0) is 21.6. The lowest BCUT2D eigenvalue weighted by molar-refractivity contribution is 0.0513. The van der Waals surface area contributed by atoms with Gasteiger partial charge >= 0.3 is 0 Å². The number of imide groups is 1. The van der Waals surface area contributed by atoms with Crippen LogP contribution in [0.25, 0.3) is 38.2 Å². The first-order valence-electron chi connectivity index (χ1n) is 10.4. The maximum Gasteiger partial charge on any atom is 0.264 e. The second-order valence-corrected chi connectivity index (χ2v) is 8.60. The van der Waals surface area contributed by atoms with Crippen molar-refractivity contribution in [3.8, 4) is 0 Å². The Kier molecular flexibility index (Phi) is 3.41. The minimum Gasteiger partial charge on any atom is -0.271 e. The van der Waals surface area contributed by atoms with E-state index in [2.05, 4.69) is 0 Å². The van der Waals surface area contributed by atoms with E-state index in [9.17, 15) is 14.4 Å². The van der Waals surface area contributed by atoms with Crippen LogP contribution in [0, 0.1) is 5.92 Å². The smallest absolute Gasteiger partial charge is 0.264 e. The standard InChI is InChI=1S/C25H19N3O3/c1-12(2)13(3)27-23(29)16-9-8-14-20-15(10-11-17(21(16)20)24(27)30)25(31)28-19-7-5-4-6-18(19)26-22(14)28/h4-13H,1-3H3. The first-order valence-corrected chi connectivity index (χ1v) is 10.4. The van der Waals surface area contributed by atoms with Crippen molar-refractivity contribution in [1.82, 2.24) is 14.3 Å². The van der Waals surface area contributed by atoms with Gasteiger partial charge in [-0.2, -0.15) is 0 Å². The van der Waals surface area contributed by atoms with Crippen molar-refractivity contribution in [3.05, 3.63) is 70.0 Å². The van der Waals surface area contributed by atoms with E-state index in [1.165, 1.54) is 4.90 Å². The molecule has 0 saturated heterocycles. The van der Waals surface area contributed by atoms with Crippen molar-refractivity contribution >= 4 is 50.0 Å². The number of rotatable bonds is 2. The van der Waals surface area contributed by atoms with Gasteiger partial charge in [-0.15, -0.1) is 0 Å². The monoisotopic (exact) mass is 409 g/mol. The van der Waals surface area contributed by atoms with Gasteiger partial charge in [-0.3, -0.25) is 23.7 Å². The van der Waals surface area contributed by atoms with E-state index < -0.39 is 0 Å². The summed E-state index contributed by atoms with van der Waals surface area (Å²) in [4.78, 5) is 46.2. The van der Waals surface area contributed by atoms with Crippen molar-refractivity contribution in [2.75, 3.05) is 0 Å². The summed E-state index contributed by atoms with van der Waals surface area (Å²) in [5, 5.41) is 2.44. The molecule has 3 aromatic carbocycles. The lowest BCUT2D eigenvalue weighted by atomic mass is 9.88. The molecule has 6 heteroatoms. The number of hydrogen-bond acceptors (Lipinski definition) is 4. The summed E-state index contributed by atoms with van der Waals surface area (Å²) in [7, 11) is 0. The number of pyridine rings is 1. The number of hydrogen-bond donors (Lipinski definition) is 0. The van der Waals surface area contributed by atoms with Gasteiger partial charge in [0.15, 0.2) is 0 Å². The molecule has 0 fully saturated rings. The zero-order valence-corrected chi connectivity index (χ0v) is 17.3. The van der Waals surface area contributed by atoms with Gasteiger partial charge in [0, 0.05) is 38.7 Å². The summed E-state index contributed by atoms with van der Waals surface area (Å²) in [6, 6.07) is 14.3. The summed E-state index contributed by atoms with van der Waals surface area (Å²) in [6.45, 7) is 5.87. The Morgan fingerprint density at radius 3 is 2.10 bits per heavy atom. The predicted molar refractivity (Wildman–Crippen MR) is 120 cm³/mol. The first-order chi connectivity index (χ1) is 14.9.